The van der Waals surface area contributed by atoms with E-state index in [1.807, 2.05) is 13.0 Å². The molecule has 0 radical (unpaired) electrons. The summed E-state index contributed by atoms with van der Waals surface area (Å²) in [6.45, 7) is 4.57. The average Bonchev–Trinajstić information content (AvgIpc) is 3.23. The largest absolute Gasteiger partial charge is 0.494 e. The highest BCUT2D eigenvalue weighted by Crippen LogP contribution is 2.32. The Bertz CT molecular complexity index is 593. The van der Waals surface area contributed by atoms with Crippen molar-refractivity contribution in [1.29, 1.82) is 0 Å². The minimum Gasteiger partial charge on any atom is -0.494 e. The summed E-state index contributed by atoms with van der Waals surface area (Å²) < 4.78 is 18.9. The predicted octanol–water partition coefficient (Wildman–Crippen LogP) is 3.20. The molecule has 0 spiro atoms. The van der Waals surface area contributed by atoms with Gasteiger partial charge in [0.15, 0.2) is 11.6 Å². The summed E-state index contributed by atoms with van der Waals surface area (Å²) in [5.74, 6) is 0.237. The Morgan fingerprint density at radius 1 is 1.25 bits per heavy atom. The number of ether oxygens (including phenoxy) is 1. The van der Waals surface area contributed by atoms with Crippen LogP contribution in [0.1, 0.15) is 44.6 Å². The van der Waals surface area contributed by atoms with E-state index in [9.17, 15) is 9.18 Å². The molecular formula is C19H27FN2O2. The van der Waals surface area contributed by atoms with E-state index >= 15 is 0 Å². The van der Waals surface area contributed by atoms with Crippen LogP contribution in [0.2, 0.25) is 0 Å². The number of hydrogen-bond donors (Lipinski definition) is 0. The molecule has 1 aromatic carbocycles. The summed E-state index contributed by atoms with van der Waals surface area (Å²) in [5.41, 5.74) is 0.964. The van der Waals surface area contributed by atoms with E-state index < -0.39 is 0 Å². The van der Waals surface area contributed by atoms with Crippen LogP contribution in [0.15, 0.2) is 18.2 Å². The number of amides is 1. The lowest BCUT2D eigenvalue weighted by Crippen LogP contribution is -2.47. The van der Waals surface area contributed by atoms with Crippen molar-refractivity contribution in [3.05, 3.63) is 29.6 Å². The van der Waals surface area contributed by atoms with Crippen molar-refractivity contribution >= 4 is 5.91 Å². The molecule has 3 rings (SSSR count). The third-order valence-electron chi connectivity index (χ3n) is 5.38. The number of hydrogen-bond acceptors (Lipinski definition) is 3. The number of carbonyl (C=O) groups is 1. The number of halogens is 1. The van der Waals surface area contributed by atoms with Crippen LogP contribution in [0.5, 0.6) is 5.75 Å². The molecule has 0 bridgehead atoms. The Morgan fingerprint density at radius 3 is 2.71 bits per heavy atom. The van der Waals surface area contributed by atoms with Crippen LogP contribution in [-0.2, 0) is 11.3 Å². The number of rotatable bonds is 5. The Labute approximate surface area is 143 Å². The van der Waals surface area contributed by atoms with Crippen LogP contribution in [0.4, 0.5) is 4.39 Å². The number of methoxy groups -OCH3 is 1. The highest BCUT2D eigenvalue weighted by Gasteiger charge is 2.39. The van der Waals surface area contributed by atoms with Gasteiger partial charge in [-0.3, -0.25) is 9.69 Å². The molecular weight excluding hydrogens is 307 g/mol. The third kappa shape index (κ3) is 3.41. The molecule has 2 heterocycles. The van der Waals surface area contributed by atoms with Gasteiger partial charge in [-0.05, 0) is 49.9 Å². The molecule has 0 aromatic heterocycles. The molecule has 2 aliphatic heterocycles. The maximum atomic E-state index is 13.9. The van der Waals surface area contributed by atoms with Gasteiger partial charge in [-0.25, -0.2) is 4.39 Å². The van der Waals surface area contributed by atoms with Gasteiger partial charge in [-0.1, -0.05) is 13.0 Å². The van der Waals surface area contributed by atoms with E-state index in [1.54, 1.807) is 12.1 Å². The van der Waals surface area contributed by atoms with Crippen molar-refractivity contribution in [3.8, 4) is 5.75 Å². The van der Waals surface area contributed by atoms with Gasteiger partial charge >= 0.3 is 0 Å². The molecule has 132 valence electrons. The fourth-order valence-corrected chi connectivity index (χ4v) is 4.23. The molecule has 5 heteroatoms. The SMILES string of the molecule is CCC(=O)N1CCC[C@H]1[C@@H]1CCCN1Cc1ccc(OC)c(F)c1. The van der Waals surface area contributed by atoms with Crippen LogP contribution < -0.4 is 4.74 Å². The van der Waals surface area contributed by atoms with Gasteiger partial charge in [0.05, 0.1) is 7.11 Å². The molecule has 0 saturated carbocycles. The van der Waals surface area contributed by atoms with Gasteiger partial charge in [-0.15, -0.1) is 0 Å². The van der Waals surface area contributed by atoms with Crippen molar-refractivity contribution in [2.24, 2.45) is 0 Å². The first-order valence-corrected chi connectivity index (χ1v) is 9.00. The lowest BCUT2D eigenvalue weighted by molar-refractivity contribution is -0.132. The van der Waals surface area contributed by atoms with E-state index in [0.717, 1.165) is 50.9 Å². The fourth-order valence-electron chi connectivity index (χ4n) is 4.23. The Kier molecular flexibility index (Phi) is 5.39. The molecule has 0 aliphatic carbocycles. The number of nitrogens with zero attached hydrogens (tertiary/aromatic N) is 2. The topological polar surface area (TPSA) is 32.8 Å². The summed E-state index contributed by atoms with van der Waals surface area (Å²) in [6.07, 6.45) is 5.03. The van der Waals surface area contributed by atoms with Crippen molar-refractivity contribution in [2.75, 3.05) is 20.2 Å². The highest BCUT2D eigenvalue weighted by molar-refractivity contribution is 5.76. The first-order valence-electron chi connectivity index (χ1n) is 9.00. The molecule has 2 fully saturated rings. The molecule has 2 atom stereocenters. The van der Waals surface area contributed by atoms with E-state index in [1.165, 1.54) is 7.11 Å². The highest BCUT2D eigenvalue weighted by atomic mass is 19.1. The summed E-state index contributed by atoms with van der Waals surface area (Å²) in [4.78, 5) is 16.7. The van der Waals surface area contributed by atoms with Gasteiger partial charge < -0.3 is 9.64 Å². The smallest absolute Gasteiger partial charge is 0.222 e. The molecule has 2 saturated heterocycles. The Morgan fingerprint density at radius 2 is 2.00 bits per heavy atom. The number of likely N-dealkylation sites (tertiary alicyclic amines) is 2. The summed E-state index contributed by atoms with van der Waals surface area (Å²) in [6, 6.07) is 5.91. The van der Waals surface area contributed by atoms with Crippen molar-refractivity contribution in [3.63, 3.8) is 0 Å². The zero-order valence-electron chi connectivity index (χ0n) is 14.6. The van der Waals surface area contributed by atoms with Crippen LogP contribution in [0, 0.1) is 5.82 Å². The van der Waals surface area contributed by atoms with Gasteiger partial charge in [0.1, 0.15) is 0 Å². The zero-order valence-corrected chi connectivity index (χ0v) is 14.6. The van der Waals surface area contributed by atoms with Crippen LogP contribution >= 0.6 is 0 Å². The standard InChI is InChI=1S/C19H27FN2O2/c1-3-19(23)22-11-5-7-17(22)16-6-4-10-21(16)13-14-8-9-18(24-2)15(20)12-14/h8-9,12,16-17H,3-7,10-11,13H2,1-2H3/t16-,17-/m0/s1. The molecule has 0 unspecified atom stereocenters. The van der Waals surface area contributed by atoms with Gasteiger partial charge in [0.2, 0.25) is 5.91 Å². The number of carbonyl (C=O) groups excluding carboxylic acids is 1. The molecule has 1 amide bonds. The molecule has 24 heavy (non-hydrogen) atoms. The Balaban J connectivity index is 1.71. The predicted molar refractivity (Wildman–Crippen MR) is 91.4 cm³/mol. The Hall–Kier alpha value is -1.62. The monoisotopic (exact) mass is 334 g/mol. The van der Waals surface area contributed by atoms with E-state index in [4.69, 9.17) is 4.74 Å². The summed E-state index contributed by atoms with van der Waals surface area (Å²) in [7, 11) is 1.48. The van der Waals surface area contributed by atoms with Crippen molar-refractivity contribution in [2.45, 2.75) is 57.7 Å². The van der Waals surface area contributed by atoms with E-state index in [-0.39, 0.29) is 17.5 Å². The molecule has 4 nitrogen and oxygen atoms in total. The first-order chi connectivity index (χ1) is 11.6. The number of benzene rings is 1. The molecule has 2 aliphatic rings. The maximum Gasteiger partial charge on any atom is 0.222 e. The van der Waals surface area contributed by atoms with Crippen molar-refractivity contribution < 1.29 is 13.9 Å². The van der Waals surface area contributed by atoms with Crippen LogP contribution in [0.25, 0.3) is 0 Å². The third-order valence-corrected chi connectivity index (χ3v) is 5.38. The fraction of sp³-hybridized carbons (Fsp3) is 0.632. The van der Waals surface area contributed by atoms with Crippen molar-refractivity contribution in [1.82, 2.24) is 9.80 Å². The van der Waals surface area contributed by atoms with Gasteiger partial charge in [0.25, 0.3) is 0 Å². The zero-order chi connectivity index (χ0) is 17.1. The summed E-state index contributed by atoms with van der Waals surface area (Å²) in [5, 5.41) is 0. The lowest BCUT2D eigenvalue weighted by atomic mass is 10.0. The van der Waals surface area contributed by atoms with E-state index in [0.29, 0.717) is 18.5 Å². The maximum absolute atomic E-state index is 13.9. The second-order valence-electron chi connectivity index (χ2n) is 6.80. The van der Waals surface area contributed by atoms with Gasteiger partial charge in [-0.2, -0.15) is 0 Å². The molecule has 1 aromatic rings. The molecule has 0 N–H and O–H groups in total. The van der Waals surface area contributed by atoms with E-state index in [2.05, 4.69) is 9.80 Å². The summed E-state index contributed by atoms with van der Waals surface area (Å²) >= 11 is 0. The first kappa shape index (κ1) is 17.2. The van der Waals surface area contributed by atoms with Crippen LogP contribution in [-0.4, -0.2) is 48.0 Å². The quantitative estimate of drug-likeness (QED) is 0.829. The van der Waals surface area contributed by atoms with Gasteiger partial charge in [0, 0.05) is 31.6 Å². The normalized spacial score (nSPS) is 24.5. The van der Waals surface area contributed by atoms with Crippen LogP contribution in [0.3, 0.4) is 0 Å². The minimum atomic E-state index is -0.311. The second-order valence-corrected chi connectivity index (χ2v) is 6.80. The minimum absolute atomic E-state index is 0.264. The average molecular weight is 334 g/mol. The lowest BCUT2D eigenvalue weighted by Gasteiger charge is -2.35. The second kappa shape index (κ2) is 7.51.